The second-order valence-corrected chi connectivity index (χ2v) is 7.47. The Labute approximate surface area is 174 Å². The highest BCUT2D eigenvalue weighted by Crippen LogP contribution is 2.28. The van der Waals surface area contributed by atoms with Gasteiger partial charge in [-0.1, -0.05) is 44.2 Å². The fourth-order valence-corrected chi connectivity index (χ4v) is 3.23. The van der Waals surface area contributed by atoms with Crippen LogP contribution in [0.1, 0.15) is 37.8 Å². The van der Waals surface area contributed by atoms with Crippen molar-refractivity contribution in [3.05, 3.63) is 65.2 Å². The van der Waals surface area contributed by atoms with E-state index < -0.39 is 0 Å². The molecule has 2 rings (SSSR count). The first-order valence-electron chi connectivity index (χ1n) is 10.1. The summed E-state index contributed by atoms with van der Waals surface area (Å²) in [6.07, 6.45) is 4.85. The van der Waals surface area contributed by atoms with E-state index in [0.29, 0.717) is 11.7 Å². The lowest BCUT2D eigenvalue weighted by atomic mass is 10.1. The molecule has 0 heterocycles. The van der Waals surface area contributed by atoms with Crippen LogP contribution in [0.5, 0.6) is 5.75 Å². The van der Waals surface area contributed by atoms with Crippen molar-refractivity contribution in [1.29, 1.82) is 10.5 Å². The predicted molar refractivity (Wildman–Crippen MR) is 119 cm³/mol. The first-order valence-corrected chi connectivity index (χ1v) is 10.1. The number of hydrogen-bond donors (Lipinski definition) is 0. The lowest BCUT2D eigenvalue weighted by Crippen LogP contribution is -2.27. The van der Waals surface area contributed by atoms with Crippen LogP contribution in [0.15, 0.2) is 54.1 Å². The number of anilines is 1. The van der Waals surface area contributed by atoms with Crippen LogP contribution in [0.3, 0.4) is 0 Å². The minimum absolute atomic E-state index is 0.0638. The molecule has 150 valence electrons. The van der Waals surface area contributed by atoms with Crippen LogP contribution < -0.4 is 9.64 Å². The molecule has 29 heavy (non-hydrogen) atoms. The van der Waals surface area contributed by atoms with Crippen LogP contribution in [0.2, 0.25) is 0 Å². The number of hydrogen-bond acceptors (Lipinski definition) is 4. The highest BCUT2D eigenvalue weighted by Gasteiger charge is 2.11. The third kappa shape index (κ3) is 7.01. The zero-order valence-electron chi connectivity index (χ0n) is 17.6. The molecule has 0 amide bonds. The van der Waals surface area contributed by atoms with Crippen LogP contribution in [0, 0.1) is 28.6 Å². The van der Waals surface area contributed by atoms with Gasteiger partial charge < -0.3 is 9.64 Å². The van der Waals surface area contributed by atoms with Crippen molar-refractivity contribution in [2.45, 2.75) is 33.1 Å². The standard InChI is InChI=1S/C25H29N3O/c1-20(2)8-7-14-28(15-13-21-9-5-4-6-10-21)24-12-11-23(25(17-24)29-3)16-22(18-26)19-27/h4-6,9-12,16-17,20H,7-8,13-15H2,1-3H3. The molecule has 0 aliphatic heterocycles. The van der Waals surface area contributed by atoms with Crippen LogP contribution in [-0.4, -0.2) is 20.2 Å². The molecule has 0 spiro atoms. The Morgan fingerprint density at radius 2 is 1.79 bits per heavy atom. The fourth-order valence-electron chi connectivity index (χ4n) is 3.23. The molecule has 0 saturated carbocycles. The minimum Gasteiger partial charge on any atom is -0.496 e. The molecular formula is C25H29N3O. The van der Waals surface area contributed by atoms with Gasteiger partial charge in [-0.2, -0.15) is 10.5 Å². The quantitative estimate of drug-likeness (QED) is 0.497. The molecule has 4 nitrogen and oxygen atoms in total. The van der Waals surface area contributed by atoms with Gasteiger partial charge >= 0.3 is 0 Å². The van der Waals surface area contributed by atoms with Gasteiger partial charge in [0.1, 0.15) is 23.5 Å². The van der Waals surface area contributed by atoms with Gasteiger partial charge in [-0.3, -0.25) is 0 Å². The average Bonchev–Trinajstić information content (AvgIpc) is 2.75. The Hall–Kier alpha value is -3.24. The van der Waals surface area contributed by atoms with Gasteiger partial charge in [0.25, 0.3) is 0 Å². The number of methoxy groups -OCH3 is 1. The van der Waals surface area contributed by atoms with Gasteiger partial charge in [0.15, 0.2) is 0 Å². The van der Waals surface area contributed by atoms with Crippen molar-refractivity contribution in [1.82, 2.24) is 0 Å². The molecule has 0 fully saturated rings. The highest BCUT2D eigenvalue weighted by atomic mass is 16.5. The monoisotopic (exact) mass is 387 g/mol. The lowest BCUT2D eigenvalue weighted by molar-refractivity contribution is 0.413. The summed E-state index contributed by atoms with van der Waals surface area (Å²) in [6, 6.07) is 20.3. The third-order valence-electron chi connectivity index (χ3n) is 4.85. The highest BCUT2D eigenvalue weighted by molar-refractivity contribution is 5.69. The van der Waals surface area contributed by atoms with Crippen LogP contribution in [0.25, 0.3) is 6.08 Å². The summed E-state index contributed by atoms with van der Waals surface area (Å²) in [5, 5.41) is 18.0. The molecule has 0 aromatic heterocycles. The van der Waals surface area contributed by atoms with Crippen molar-refractivity contribution in [2.75, 3.05) is 25.1 Å². The van der Waals surface area contributed by atoms with Crippen molar-refractivity contribution in [3.63, 3.8) is 0 Å². The van der Waals surface area contributed by atoms with E-state index in [9.17, 15) is 0 Å². The Balaban J connectivity index is 2.24. The number of nitrogens with zero attached hydrogens (tertiary/aromatic N) is 3. The molecular weight excluding hydrogens is 358 g/mol. The van der Waals surface area contributed by atoms with Crippen LogP contribution >= 0.6 is 0 Å². The molecule has 0 aliphatic carbocycles. The summed E-state index contributed by atoms with van der Waals surface area (Å²) in [4.78, 5) is 2.39. The molecule has 0 N–H and O–H groups in total. The van der Waals surface area contributed by atoms with E-state index >= 15 is 0 Å². The maximum absolute atomic E-state index is 9.02. The Kier molecular flexibility index (Phi) is 8.80. The normalized spacial score (nSPS) is 10.1. The van der Waals surface area contributed by atoms with E-state index in [1.54, 1.807) is 13.2 Å². The van der Waals surface area contributed by atoms with E-state index in [1.807, 2.05) is 36.4 Å². The zero-order chi connectivity index (χ0) is 21.1. The smallest absolute Gasteiger partial charge is 0.130 e. The number of ether oxygens (including phenoxy) is 1. The van der Waals surface area contributed by atoms with Crippen LogP contribution in [-0.2, 0) is 6.42 Å². The Morgan fingerprint density at radius 1 is 1.07 bits per heavy atom. The van der Waals surface area contributed by atoms with Gasteiger partial charge in [0, 0.05) is 30.4 Å². The minimum atomic E-state index is 0.0638. The van der Waals surface area contributed by atoms with E-state index in [-0.39, 0.29) is 5.57 Å². The molecule has 2 aromatic carbocycles. The second-order valence-electron chi connectivity index (χ2n) is 7.47. The molecule has 2 aromatic rings. The van der Waals surface area contributed by atoms with Gasteiger partial charge in [-0.25, -0.2) is 0 Å². The Bertz CT molecular complexity index is 873. The van der Waals surface area contributed by atoms with E-state index in [4.69, 9.17) is 15.3 Å². The van der Waals surface area contributed by atoms with Gasteiger partial charge in [0.05, 0.1) is 7.11 Å². The van der Waals surface area contributed by atoms with Gasteiger partial charge in [-0.15, -0.1) is 0 Å². The SMILES string of the molecule is COc1cc(N(CCCC(C)C)CCc2ccccc2)ccc1C=C(C#N)C#N. The van der Waals surface area contributed by atoms with E-state index in [1.165, 1.54) is 12.0 Å². The molecule has 4 heteroatoms. The van der Waals surface area contributed by atoms with Crippen molar-refractivity contribution in [3.8, 4) is 17.9 Å². The van der Waals surface area contributed by atoms with Crippen molar-refractivity contribution in [2.24, 2.45) is 5.92 Å². The summed E-state index contributed by atoms with van der Waals surface area (Å²) >= 11 is 0. The first-order chi connectivity index (χ1) is 14.1. The largest absolute Gasteiger partial charge is 0.496 e. The summed E-state index contributed by atoms with van der Waals surface area (Å²) in [5.41, 5.74) is 3.21. The van der Waals surface area contributed by atoms with Gasteiger partial charge in [-0.05, 0) is 49.0 Å². The fraction of sp³-hybridized carbons (Fsp3) is 0.360. The zero-order valence-corrected chi connectivity index (χ0v) is 17.6. The second kappa shape index (κ2) is 11.6. The lowest BCUT2D eigenvalue weighted by Gasteiger charge is -2.26. The Morgan fingerprint density at radius 3 is 2.41 bits per heavy atom. The van der Waals surface area contributed by atoms with E-state index in [0.717, 1.165) is 37.2 Å². The maximum atomic E-state index is 9.02. The summed E-state index contributed by atoms with van der Waals surface area (Å²) in [6.45, 7) is 6.40. The summed E-state index contributed by atoms with van der Waals surface area (Å²) in [7, 11) is 1.61. The van der Waals surface area contributed by atoms with Crippen molar-refractivity contribution >= 4 is 11.8 Å². The number of nitriles is 2. The third-order valence-corrected chi connectivity index (χ3v) is 4.85. The van der Waals surface area contributed by atoms with Gasteiger partial charge in [0.2, 0.25) is 0 Å². The summed E-state index contributed by atoms with van der Waals surface area (Å²) < 4.78 is 5.54. The number of benzene rings is 2. The summed E-state index contributed by atoms with van der Waals surface area (Å²) in [5.74, 6) is 1.35. The van der Waals surface area contributed by atoms with E-state index in [2.05, 4.69) is 43.0 Å². The molecule has 0 aliphatic rings. The molecule has 0 bridgehead atoms. The molecule has 0 radical (unpaired) electrons. The molecule has 0 atom stereocenters. The topological polar surface area (TPSA) is 60.0 Å². The van der Waals surface area contributed by atoms with Crippen LogP contribution in [0.4, 0.5) is 5.69 Å². The maximum Gasteiger partial charge on any atom is 0.130 e. The number of rotatable bonds is 10. The number of allylic oxidation sites excluding steroid dienone is 1. The predicted octanol–water partition coefficient (Wildman–Crippen LogP) is 5.61. The molecule has 0 unspecified atom stereocenters. The first kappa shape index (κ1) is 22.1. The average molecular weight is 388 g/mol. The van der Waals surface area contributed by atoms with Crippen molar-refractivity contribution < 1.29 is 4.74 Å². The molecule has 0 saturated heterocycles.